The predicted molar refractivity (Wildman–Crippen MR) is 55.8 cm³/mol. The van der Waals surface area contributed by atoms with Crippen molar-refractivity contribution in [1.82, 2.24) is 20.3 Å². The molecule has 1 aromatic rings. The van der Waals surface area contributed by atoms with Gasteiger partial charge < -0.3 is 5.32 Å². The van der Waals surface area contributed by atoms with Gasteiger partial charge in [-0.2, -0.15) is 0 Å². The zero-order chi connectivity index (χ0) is 10.7. The molecular weight excluding hydrogens is 192 g/mol. The van der Waals surface area contributed by atoms with E-state index < -0.39 is 0 Å². The van der Waals surface area contributed by atoms with E-state index in [2.05, 4.69) is 22.6 Å². The van der Waals surface area contributed by atoms with Crippen LogP contribution in [0.2, 0.25) is 0 Å². The van der Waals surface area contributed by atoms with Crippen LogP contribution in [0.4, 0.5) is 0 Å². The van der Waals surface area contributed by atoms with E-state index in [1.807, 2.05) is 0 Å². The molecule has 0 saturated carbocycles. The highest BCUT2D eigenvalue weighted by Crippen LogP contribution is 2.11. The normalized spacial score (nSPS) is 16.3. The fourth-order valence-electron chi connectivity index (χ4n) is 1.51. The van der Waals surface area contributed by atoms with Crippen LogP contribution in [-0.4, -0.2) is 33.9 Å². The minimum atomic E-state index is 0.107. The summed E-state index contributed by atoms with van der Waals surface area (Å²) in [7, 11) is 0. The third-order valence-corrected chi connectivity index (χ3v) is 2.69. The average molecular weight is 208 g/mol. The largest absolute Gasteiger partial charge is 0.312 e. The monoisotopic (exact) mass is 208 g/mol. The Balaban J connectivity index is 1.96. The van der Waals surface area contributed by atoms with Gasteiger partial charge >= 0.3 is 0 Å². The first-order valence-corrected chi connectivity index (χ1v) is 5.47. The molecule has 1 fully saturated rings. The summed E-state index contributed by atoms with van der Waals surface area (Å²) in [6, 6.07) is 0.380. The summed E-state index contributed by atoms with van der Waals surface area (Å²) in [5.41, 5.74) is 0.510. The van der Waals surface area contributed by atoms with Gasteiger partial charge in [-0.25, -0.2) is 4.68 Å². The number of rotatable bonds is 5. The highest BCUT2D eigenvalue weighted by Gasteiger charge is 2.21. The molecule has 0 amide bonds. The highest BCUT2D eigenvalue weighted by molar-refractivity contribution is 5.93. The molecule has 1 aliphatic heterocycles. The average Bonchev–Trinajstić information content (AvgIpc) is 2.60. The van der Waals surface area contributed by atoms with E-state index in [0.29, 0.717) is 18.2 Å². The van der Waals surface area contributed by atoms with Crippen LogP contribution in [0, 0.1) is 0 Å². The lowest BCUT2D eigenvalue weighted by molar-refractivity contribution is 0.0975. The molecule has 0 atom stereocenters. The smallest absolute Gasteiger partial charge is 0.184 e. The van der Waals surface area contributed by atoms with Crippen LogP contribution in [0.15, 0.2) is 6.20 Å². The summed E-state index contributed by atoms with van der Waals surface area (Å²) in [6.45, 7) is 3.92. The number of aromatic nitrogens is 3. The molecule has 0 aliphatic carbocycles. The molecule has 0 bridgehead atoms. The van der Waals surface area contributed by atoms with Crippen LogP contribution in [0.5, 0.6) is 0 Å². The number of hydrogen-bond acceptors (Lipinski definition) is 4. The first-order chi connectivity index (χ1) is 7.31. The quantitative estimate of drug-likeness (QED) is 0.727. The van der Waals surface area contributed by atoms with Crippen LogP contribution in [0.1, 0.15) is 42.7 Å². The van der Waals surface area contributed by atoms with E-state index in [0.717, 1.165) is 25.9 Å². The molecule has 1 N–H and O–H groups in total. The molecular formula is C10H16N4O. The zero-order valence-corrected chi connectivity index (χ0v) is 8.94. The summed E-state index contributed by atoms with van der Waals surface area (Å²) in [6.07, 6.45) is 4.31. The second-order valence-electron chi connectivity index (χ2n) is 3.92. The van der Waals surface area contributed by atoms with Crippen LogP contribution in [0.3, 0.4) is 0 Å². The van der Waals surface area contributed by atoms with Crippen LogP contribution in [-0.2, 0) is 0 Å². The standard InChI is InChI=1S/C10H16N4O/c1-2-3-4-10(15)9-7-14(13-12-9)8-5-11-6-8/h7-8,11H,2-6H2,1H3. The first kappa shape index (κ1) is 10.3. The fourth-order valence-corrected chi connectivity index (χ4v) is 1.51. The molecule has 82 valence electrons. The Labute approximate surface area is 88.9 Å². The van der Waals surface area contributed by atoms with Crippen molar-refractivity contribution < 1.29 is 4.79 Å². The molecule has 1 saturated heterocycles. The summed E-state index contributed by atoms with van der Waals surface area (Å²) < 4.78 is 1.79. The second kappa shape index (κ2) is 4.53. The number of carbonyl (C=O) groups is 1. The van der Waals surface area contributed by atoms with Crippen LogP contribution in [0.25, 0.3) is 0 Å². The van der Waals surface area contributed by atoms with Crippen molar-refractivity contribution in [2.24, 2.45) is 0 Å². The van der Waals surface area contributed by atoms with Crippen molar-refractivity contribution in [3.63, 3.8) is 0 Å². The minimum absolute atomic E-state index is 0.107. The summed E-state index contributed by atoms with van der Waals surface area (Å²) in [5, 5.41) is 11.0. The maximum absolute atomic E-state index is 11.6. The summed E-state index contributed by atoms with van der Waals surface area (Å²) in [4.78, 5) is 11.6. The van der Waals surface area contributed by atoms with Gasteiger partial charge in [-0.05, 0) is 6.42 Å². The minimum Gasteiger partial charge on any atom is -0.312 e. The van der Waals surface area contributed by atoms with Crippen molar-refractivity contribution >= 4 is 5.78 Å². The predicted octanol–water partition coefficient (Wildman–Crippen LogP) is 0.795. The lowest BCUT2D eigenvalue weighted by Crippen LogP contribution is -2.43. The third-order valence-electron chi connectivity index (χ3n) is 2.69. The lowest BCUT2D eigenvalue weighted by Gasteiger charge is -2.26. The van der Waals surface area contributed by atoms with Crippen LogP contribution < -0.4 is 5.32 Å². The van der Waals surface area contributed by atoms with E-state index in [-0.39, 0.29) is 5.78 Å². The maximum atomic E-state index is 11.6. The van der Waals surface area contributed by atoms with Crippen molar-refractivity contribution in [2.45, 2.75) is 32.2 Å². The Hall–Kier alpha value is -1.23. The molecule has 2 rings (SSSR count). The Bertz CT molecular complexity index is 343. The van der Waals surface area contributed by atoms with Gasteiger partial charge in [0.25, 0.3) is 0 Å². The van der Waals surface area contributed by atoms with Gasteiger partial charge in [-0.3, -0.25) is 4.79 Å². The van der Waals surface area contributed by atoms with E-state index in [1.54, 1.807) is 10.9 Å². The molecule has 5 nitrogen and oxygen atoms in total. The Morgan fingerprint density at radius 2 is 2.47 bits per heavy atom. The molecule has 0 aromatic carbocycles. The van der Waals surface area contributed by atoms with Gasteiger partial charge in [0.1, 0.15) is 5.69 Å². The van der Waals surface area contributed by atoms with Gasteiger partial charge in [0.2, 0.25) is 0 Å². The van der Waals surface area contributed by atoms with E-state index in [1.165, 1.54) is 0 Å². The number of Topliss-reactive ketones (excluding diaryl/α,β-unsaturated/α-hetero) is 1. The van der Waals surface area contributed by atoms with Gasteiger partial charge in [0, 0.05) is 19.5 Å². The van der Waals surface area contributed by atoms with Crippen molar-refractivity contribution in [3.8, 4) is 0 Å². The van der Waals surface area contributed by atoms with Gasteiger partial charge in [0.05, 0.1) is 12.2 Å². The summed E-state index contributed by atoms with van der Waals surface area (Å²) in [5.74, 6) is 0.107. The molecule has 5 heteroatoms. The number of hydrogen-bond donors (Lipinski definition) is 1. The van der Waals surface area contributed by atoms with E-state index in [9.17, 15) is 4.79 Å². The number of carbonyl (C=O) groups excluding carboxylic acids is 1. The lowest BCUT2D eigenvalue weighted by atomic mass is 10.1. The van der Waals surface area contributed by atoms with Gasteiger partial charge in [-0.1, -0.05) is 18.6 Å². The third kappa shape index (κ3) is 2.23. The molecule has 15 heavy (non-hydrogen) atoms. The number of unbranched alkanes of at least 4 members (excludes halogenated alkanes) is 1. The Kier molecular flexibility index (Phi) is 3.11. The Morgan fingerprint density at radius 1 is 1.67 bits per heavy atom. The van der Waals surface area contributed by atoms with E-state index >= 15 is 0 Å². The van der Waals surface area contributed by atoms with E-state index in [4.69, 9.17) is 0 Å². The second-order valence-corrected chi connectivity index (χ2v) is 3.92. The molecule has 0 radical (unpaired) electrons. The molecule has 2 heterocycles. The number of ketones is 1. The van der Waals surface area contributed by atoms with Crippen molar-refractivity contribution in [2.75, 3.05) is 13.1 Å². The number of nitrogens with one attached hydrogen (secondary N) is 1. The fraction of sp³-hybridized carbons (Fsp3) is 0.700. The molecule has 1 aromatic heterocycles. The van der Waals surface area contributed by atoms with Crippen molar-refractivity contribution in [3.05, 3.63) is 11.9 Å². The zero-order valence-electron chi connectivity index (χ0n) is 8.94. The molecule has 0 spiro atoms. The molecule has 1 aliphatic rings. The van der Waals surface area contributed by atoms with Gasteiger partial charge in [0.15, 0.2) is 5.78 Å². The summed E-state index contributed by atoms with van der Waals surface area (Å²) >= 11 is 0. The first-order valence-electron chi connectivity index (χ1n) is 5.47. The maximum Gasteiger partial charge on any atom is 0.184 e. The highest BCUT2D eigenvalue weighted by atomic mass is 16.1. The van der Waals surface area contributed by atoms with Crippen LogP contribution >= 0.6 is 0 Å². The number of nitrogens with zero attached hydrogens (tertiary/aromatic N) is 3. The SMILES string of the molecule is CCCCC(=O)c1cn(C2CNC2)nn1. The Morgan fingerprint density at radius 3 is 3.07 bits per heavy atom. The topological polar surface area (TPSA) is 59.8 Å². The van der Waals surface area contributed by atoms with Gasteiger partial charge in [-0.15, -0.1) is 5.10 Å². The molecule has 0 unspecified atom stereocenters. The van der Waals surface area contributed by atoms with Crippen molar-refractivity contribution in [1.29, 1.82) is 0 Å².